The number of hydrogen-bond donors (Lipinski definition) is 0. The number of aromatic nitrogens is 2. The van der Waals surface area contributed by atoms with Crippen molar-refractivity contribution in [2.24, 2.45) is 0 Å². The summed E-state index contributed by atoms with van der Waals surface area (Å²) in [7, 11) is -2.29. The summed E-state index contributed by atoms with van der Waals surface area (Å²) in [5.74, 6) is 0. The highest BCUT2D eigenvalue weighted by Gasteiger charge is 2.53. The third-order valence-corrected chi connectivity index (χ3v) is 16.3. The van der Waals surface area contributed by atoms with Gasteiger partial charge in [-0.1, -0.05) is 159 Å². The molecule has 1 atom stereocenters. The minimum absolute atomic E-state index is 0.492. The molecule has 2 aliphatic rings. The van der Waals surface area contributed by atoms with E-state index in [9.17, 15) is 0 Å². The first-order valence-electron chi connectivity index (χ1n) is 19.0. The Morgan fingerprint density at radius 2 is 1.02 bits per heavy atom. The molecule has 1 unspecified atom stereocenters. The second-order valence-electron chi connectivity index (χ2n) is 15.6. The van der Waals surface area contributed by atoms with Crippen molar-refractivity contribution in [1.29, 1.82) is 0 Å². The van der Waals surface area contributed by atoms with Crippen molar-refractivity contribution in [3.05, 3.63) is 204 Å². The molecule has 0 bridgehead atoms. The van der Waals surface area contributed by atoms with E-state index < -0.39 is 13.5 Å². The predicted octanol–water partition coefficient (Wildman–Crippen LogP) is 11.4. The van der Waals surface area contributed by atoms with Gasteiger partial charge in [0.15, 0.2) is 0 Å². The molecule has 2 aromatic heterocycles. The van der Waals surface area contributed by atoms with Crippen LogP contribution in [0.5, 0.6) is 0 Å². The highest BCUT2D eigenvalue weighted by molar-refractivity contribution is 7.02. The molecule has 2 nitrogen and oxygen atoms in total. The molecule has 10 aromatic rings. The van der Waals surface area contributed by atoms with Crippen molar-refractivity contribution < 1.29 is 0 Å². The molecule has 8 aromatic carbocycles. The van der Waals surface area contributed by atoms with Crippen molar-refractivity contribution in [3.63, 3.8) is 0 Å². The Morgan fingerprint density at radius 3 is 1.85 bits per heavy atom. The second-order valence-corrected chi connectivity index (χ2v) is 19.9. The summed E-state index contributed by atoms with van der Waals surface area (Å²) < 4.78 is 4.99. The molecule has 12 rings (SSSR count). The van der Waals surface area contributed by atoms with Gasteiger partial charge < -0.3 is 9.13 Å². The fourth-order valence-electron chi connectivity index (χ4n) is 10.7. The predicted molar refractivity (Wildman–Crippen MR) is 229 cm³/mol. The maximum Gasteiger partial charge on any atom is 0.113 e. The van der Waals surface area contributed by atoms with Crippen LogP contribution < -0.4 is 10.4 Å². The maximum absolute atomic E-state index is 2.58. The van der Waals surface area contributed by atoms with E-state index in [0.29, 0.717) is 0 Å². The van der Waals surface area contributed by atoms with Crippen molar-refractivity contribution in [2.75, 3.05) is 0 Å². The first kappa shape index (κ1) is 30.1. The van der Waals surface area contributed by atoms with Gasteiger partial charge in [-0.3, -0.25) is 0 Å². The van der Waals surface area contributed by atoms with E-state index in [-0.39, 0.29) is 0 Å². The maximum atomic E-state index is 2.58. The van der Waals surface area contributed by atoms with E-state index in [4.69, 9.17) is 0 Å². The quantitative estimate of drug-likeness (QED) is 0.159. The lowest BCUT2D eigenvalue weighted by atomic mass is 9.62. The lowest BCUT2D eigenvalue weighted by Gasteiger charge is -2.50. The van der Waals surface area contributed by atoms with Gasteiger partial charge >= 0.3 is 0 Å². The second kappa shape index (κ2) is 10.6. The van der Waals surface area contributed by atoms with E-state index in [0.717, 1.165) is 0 Å². The third-order valence-electron chi connectivity index (χ3n) is 12.7. The molecule has 54 heavy (non-hydrogen) atoms. The van der Waals surface area contributed by atoms with Crippen LogP contribution in [0.2, 0.25) is 13.1 Å². The van der Waals surface area contributed by atoms with Gasteiger partial charge in [-0.25, -0.2) is 0 Å². The van der Waals surface area contributed by atoms with Gasteiger partial charge in [-0.2, -0.15) is 0 Å². The zero-order valence-corrected chi connectivity index (χ0v) is 31.2. The van der Waals surface area contributed by atoms with Crippen molar-refractivity contribution in [3.8, 4) is 22.5 Å². The van der Waals surface area contributed by atoms with Gasteiger partial charge in [0.05, 0.1) is 33.2 Å². The summed E-state index contributed by atoms with van der Waals surface area (Å²) in [5, 5.41) is 8.22. The summed E-state index contributed by atoms with van der Waals surface area (Å²) in [6.45, 7) is 5.15. The fourth-order valence-corrected chi connectivity index (χ4v) is 14.3. The number of hydrogen-bond acceptors (Lipinski definition) is 0. The summed E-state index contributed by atoms with van der Waals surface area (Å²) >= 11 is 0. The van der Waals surface area contributed by atoms with Gasteiger partial charge in [-0.15, -0.1) is 0 Å². The standard InChI is InChI=1S/C51H36N2Si/c1-54(2)48-29-13-9-23-41(48)51(40-22-8-12-28-46(40)53-45-27-11-7-19-37(45)39-21-15-24-42(51)49(39)53)43-25-14-20-35(50(43)54)33-30-31-38-36-18-6-10-26-44(36)52(47(38)32-33)34-16-4-3-5-17-34/h3-32H,1-2H3. The molecular formula is C51H36N2Si. The molecule has 0 saturated carbocycles. The molecule has 0 radical (unpaired) electrons. The zero-order chi connectivity index (χ0) is 35.8. The molecule has 2 aliphatic heterocycles. The van der Waals surface area contributed by atoms with E-state index in [2.05, 4.69) is 204 Å². The van der Waals surface area contributed by atoms with Crippen molar-refractivity contribution >= 4 is 62.1 Å². The van der Waals surface area contributed by atoms with Gasteiger partial charge in [0, 0.05) is 27.2 Å². The van der Waals surface area contributed by atoms with Crippen LogP contribution in [0.3, 0.4) is 0 Å². The normalized spacial score (nSPS) is 16.6. The smallest absolute Gasteiger partial charge is 0.113 e. The number of fused-ring (bicyclic) bond motifs is 14. The number of benzene rings is 8. The molecule has 0 aliphatic carbocycles. The van der Waals surface area contributed by atoms with E-state index >= 15 is 0 Å². The summed E-state index contributed by atoms with van der Waals surface area (Å²) in [4.78, 5) is 0. The highest BCUT2D eigenvalue weighted by atomic mass is 28.3. The van der Waals surface area contributed by atoms with Crippen LogP contribution in [0, 0.1) is 0 Å². The van der Waals surface area contributed by atoms with Crippen LogP contribution in [-0.4, -0.2) is 17.2 Å². The van der Waals surface area contributed by atoms with E-state index in [1.165, 1.54) is 98.7 Å². The monoisotopic (exact) mass is 704 g/mol. The lowest BCUT2D eigenvalue weighted by molar-refractivity contribution is 0.732. The Labute approximate surface area is 315 Å². The third kappa shape index (κ3) is 3.60. The van der Waals surface area contributed by atoms with Crippen LogP contribution in [0.25, 0.3) is 66.1 Å². The van der Waals surface area contributed by atoms with Crippen LogP contribution in [0.1, 0.15) is 22.3 Å². The van der Waals surface area contributed by atoms with E-state index in [1.54, 1.807) is 0 Å². The Hall–Kier alpha value is -6.42. The average molecular weight is 705 g/mol. The average Bonchev–Trinajstić information content (AvgIpc) is 3.74. The minimum atomic E-state index is -2.29. The Bertz CT molecular complexity index is 3200. The zero-order valence-electron chi connectivity index (χ0n) is 30.2. The van der Waals surface area contributed by atoms with Gasteiger partial charge in [-0.05, 0) is 80.2 Å². The van der Waals surface area contributed by atoms with Crippen molar-refractivity contribution in [2.45, 2.75) is 18.5 Å². The van der Waals surface area contributed by atoms with Crippen LogP contribution in [-0.2, 0) is 5.41 Å². The molecule has 1 spiro atoms. The molecule has 0 amide bonds. The first-order chi connectivity index (χ1) is 26.6. The van der Waals surface area contributed by atoms with Crippen LogP contribution >= 0.6 is 0 Å². The van der Waals surface area contributed by atoms with Crippen molar-refractivity contribution in [1.82, 2.24) is 9.13 Å². The highest BCUT2D eigenvalue weighted by Crippen LogP contribution is 2.55. The Kier molecular flexibility index (Phi) is 5.90. The molecule has 0 saturated heterocycles. The Balaban J connectivity index is 1.23. The van der Waals surface area contributed by atoms with Gasteiger partial charge in [0.25, 0.3) is 0 Å². The fraction of sp³-hybridized carbons (Fsp3) is 0.0588. The number of rotatable bonds is 2. The van der Waals surface area contributed by atoms with Crippen LogP contribution in [0.15, 0.2) is 182 Å². The summed E-state index contributed by atoms with van der Waals surface area (Å²) in [5.41, 5.74) is 15.2. The molecule has 0 N–H and O–H groups in total. The molecule has 3 heteroatoms. The largest absolute Gasteiger partial charge is 0.309 e. The molecule has 254 valence electrons. The Morgan fingerprint density at radius 1 is 0.426 bits per heavy atom. The van der Waals surface area contributed by atoms with Gasteiger partial charge in [0.1, 0.15) is 8.07 Å². The van der Waals surface area contributed by atoms with Crippen LogP contribution in [0.4, 0.5) is 0 Å². The number of nitrogens with zero attached hydrogens (tertiary/aromatic N) is 2. The topological polar surface area (TPSA) is 9.86 Å². The van der Waals surface area contributed by atoms with E-state index in [1.807, 2.05) is 0 Å². The lowest BCUT2D eigenvalue weighted by Crippen LogP contribution is -2.64. The molecule has 0 fully saturated rings. The summed E-state index contributed by atoms with van der Waals surface area (Å²) in [6.07, 6.45) is 0. The van der Waals surface area contributed by atoms with Gasteiger partial charge in [0.2, 0.25) is 0 Å². The molecule has 4 heterocycles. The number of para-hydroxylation sites is 5. The minimum Gasteiger partial charge on any atom is -0.309 e. The summed E-state index contributed by atoms with van der Waals surface area (Å²) in [6, 6.07) is 68.7. The SMILES string of the molecule is C[Si]1(C)c2ccccc2C2(c3ccccc3-n3c4ccccc4c4cccc2c43)c2cccc(-c3ccc4c5ccccc5n(-c5ccccc5)c4c3)c21. The first-order valence-corrected chi connectivity index (χ1v) is 22.0. The molecular weight excluding hydrogens is 669 g/mol.